The predicted octanol–water partition coefficient (Wildman–Crippen LogP) is 1.33. The molecule has 3 rings (SSSR count). The summed E-state index contributed by atoms with van der Waals surface area (Å²) >= 11 is 1.36. The number of aryl methyl sites for hydroxylation is 1. The first-order valence-electron chi connectivity index (χ1n) is 6.67. The van der Waals surface area contributed by atoms with E-state index in [1.807, 2.05) is 6.92 Å². The second-order valence-electron chi connectivity index (χ2n) is 5.23. The number of nitrogens with one attached hydrogen (secondary N) is 1. The molecule has 0 spiro atoms. The number of hydrogen-bond donors (Lipinski definition) is 1. The van der Waals surface area contributed by atoms with Gasteiger partial charge in [0, 0.05) is 6.04 Å². The molecule has 2 atom stereocenters. The summed E-state index contributed by atoms with van der Waals surface area (Å²) in [4.78, 5) is 30.9. The van der Waals surface area contributed by atoms with Gasteiger partial charge in [-0.05, 0) is 19.8 Å². The average Bonchev–Trinajstić information content (AvgIpc) is 2.83. The van der Waals surface area contributed by atoms with Crippen molar-refractivity contribution in [2.24, 2.45) is 0 Å². The van der Waals surface area contributed by atoms with Gasteiger partial charge in [0.1, 0.15) is 11.4 Å². The van der Waals surface area contributed by atoms with Crippen LogP contribution in [0.4, 0.5) is 0 Å². The lowest BCUT2D eigenvalue weighted by atomic mass is 9.87. The molecule has 1 aliphatic heterocycles. The summed E-state index contributed by atoms with van der Waals surface area (Å²) in [5.41, 5.74) is 2.44. The van der Waals surface area contributed by atoms with E-state index in [2.05, 4.69) is 10.3 Å². The van der Waals surface area contributed by atoms with Crippen molar-refractivity contribution in [1.82, 2.24) is 15.2 Å². The maximum absolute atomic E-state index is 12.6. The Balaban J connectivity index is 1.87. The first-order chi connectivity index (χ1) is 9.16. The van der Waals surface area contributed by atoms with Crippen LogP contribution in [0.1, 0.15) is 41.0 Å². The Morgan fingerprint density at radius 1 is 1.47 bits per heavy atom. The maximum atomic E-state index is 12.6. The molecule has 1 saturated carbocycles. The quantitative estimate of drug-likeness (QED) is 0.843. The third kappa shape index (κ3) is 2.25. The normalized spacial score (nSPS) is 26.8. The zero-order valence-electron chi connectivity index (χ0n) is 10.9. The van der Waals surface area contributed by atoms with Crippen molar-refractivity contribution in [3.05, 3.63) is 16.1 Å². The second-order valence-corrected chi connectivity index (χ2v) is 6.08. The van der Waals surface area contributed by atoms with Gasteiger partial charge in [-0.2, -0.15) is 0 Å². The number of rotatable bonds is 1. The smallest absolute Gasteiger partial charge is 0.266 e. The lowest BCUT2D eigenvalue weighted by Crippen LogP contribution is -2.62. The molecule has 1 aromatic heterocycles. The number of carbonyl (C=O) groups is 2. The van der Waals surface area contributed by atoms with Crippen molar-refractivity contribution in [1.29, 1.82) is 0 Å². The fourth-order valence-electron chi connectivity index (χ4n) is 3.04. The zero-order valence-corrected chi connectivity index (χ0v) is 11.7. The van der Waals surface area contributed by atoms with Crippen molar-refractivity contribution < 1.29 is 9.59 Å². The minimum absolute atomic E-state index is 0.0354. The van der Waals surface area contributed by atoms with E-state index in [1.165, 1.54) is 11.3 Å². The number of aromatic nitrogens is 1. The van der Waals surface area contributed by atoms with Crippen LogP contribution in [0.2, 0.25) is 0 Å². The number of thiazole rings is 1. The molecule has 5 nitrogen and oxygen atoms in total. The molecule has 0 aromatic carbocycles. The molecule has 2 amide bonds. The highest BCUT2D eigenvalue weighted by Crippen LogP contribution is 2.28. The Morgan fingerprint density at radius 2 is 2.26 bits per heavy atom. The SMILES string of the molecule is Cc1ncsc1C(=O)N1CC(=O)N[C@H]2CCCC[C@H]21. The van der Waals surface area contributed by atoms with Gasteiger partial charge in [0.2, 0.25) is 5.91 Å². The van der Waals surface area contributed by atoms with E-state index in [1.54, 1.807) is 10.4 Å². The van der Waals surface area contributed by atoms with Crippen LogP contribution in [0.25, 0.3) is 0 Å². The molecule has 0 radical (unpaired) electrons. The third-order valence-corrected chi connectivity index (χ3v) is 4.91. The molecular weight excluding hydrogens is 262 g/mol. The maximum Gasteiger partial charge on any atom is 0.266 e. The molecule has 19 heavy (non-hydrogen) atoms. The van der Waals surface area contributed by atoms with Crippen molar-refractivity contribution >= 4 is 23.2 Å². The molecule has 2 aliphatic rings. The van der Waals surface area contributed by atoms with Crippen LogP contribution >= 0.6 is 11.3 Å². The number of amides is 2. The predicted molar refractivity (Wildman–Crippen MR) is 72.1 cm³/mol. The van der Waals surface area contributed by atoms with Crippen LogP contribution in [-0.2, 0) is 4.79 Å². The van der Waals surface area contributed by atoms with Crippen molar-refractivity contribution in [2.45, 2.75) is 44.7 Å². The van der Waals surface area contributed by atoms with Crippen LogP contribution in [0.15, 0.2) is 5.51 Å². The molecule has 2 fully saturated rings. The van der Waals surface area contributed by atoms with Crippen LogP contribution in [0.3, 0.4) is 0 Å². The molecule has 1 saturated heterocycles. The average molecular weight is 279 g/mol. The van der Waals surface area contributed by atoms with E-state index in [9.17, 15) is 9.59 Å². The van der Waals surface area contributed by atoms with E-state index in [0.29, 0.717) is 4.88 Å². The van der Waals surface area contributed by atoms with Crippen molar-refractivity contribution in [3.63, 3.8) is 0 Å². The van der Waals surface area contributed by atoms with E-state index >= 15 is 0 Å². The summed E-state index contributed by atoms with van der Waals surface area (Å²) in [6, 6.07) is 0.285. The zero-order chi connectivity index (χ0) is 13.4. The Labute approximate surface area is 116 Å². The first kappa shape index (κ1) is 12.6. The van der Waals surface area contributed by atoms with Gasteiger partial charge in [-0.25, -0.2) is 4.98 Å². The molecule has 1 N–H and O–H groups in total. The topological polar surface area (TPSA) is 62.3 Å². The van der Waals surface area contributed by atoms with E-state index in [0.717, 1.165) is 31.4 Å². The van der Waals surface area contributed by atoms with Gasteiger partial charge >= 0.3 is 0 Å². The van der Waals surface area contributed by atoms with Crippen LogP contribution in [-0.4, -0.2) is 40.3 Å². The fourth-order valence-corrected chi connectivity index (χ4v) is 3.79. The highest BCUT2D eigenvalue weighted by molar-refractivity contribution is 7.11. The summed E-state index contributed by atoms with van der Waals surface area (Å²) in [5.74, 6) is -0.0783. The number of nitrogens with zero attached hydrogens (tertiary/aromatic N) is 2. The van der Waals surface area contributed by atoms with Gasteiger partial charge in [0.15, 0.2) is 0 Å². The summed E-state index contributed by atoms with van der Waals surface area (Å²) in [7, 11) is 0. The van der Waals surface area contributed by atoms with Crippen molar-refractivity contribution in [2.75, 3.05) is 6.54 Å². The van der Waals surface area contributed by atoms with Crippen molar-refractivity contribution in [3.8, 4) is 0 Å². The van der Waals surface area contributed by atoms with E-state index in [4.69, 9.17) is 0 Å². The summed E-state index contributed by atoms with van der Waals surface area (Å²) in [6.07, 6.45) is 4.21. The van der Waals surface area contributed by atoms with Gasteiger partial charge in [0.05, 0.1) is 17.2 Å². The monoisotopic (exact) mass is 279 g/mol. The van der Waals surface area contributed by atoms with E-state index < -0.39 is 0 Å². The summed E-state index contributed by atoms with van der Waals surface area (Å²) < 4.78 is 0. The highest BCUT2D eigenvalue weighted by Gasteiger charge is 2.39. The molecule has 1 aliphatic carbocycles. The number of hydrogen-bond acceptors (Lipinski definition) is 4. The Bertz CT molecular complexity index is 514. The van der Waals surface area contributed by atoms with Gasteiger partial charge < -0.3 is 10.2 Å². The lowest BCUT2D eigenvalue weighted by molar-refractivity contribution is -0.127. The van der Waals surface area contributed by atoms with Gasteiger partial charge in [-0.15, -0.1) is 11.3 Å². The minimum Gasteiger partial charge on any atom is -0.350 e. The number of piperazine rings is 1. The largest absolute Gasteiger partial charge is 0.350 e. The highest BCUT2D eigenvalue weighted by atomic mass is 32.1. The van der Waals surface area contributed by atoms with E-state index in [-0.39, 0.29) is 30.4 Å². The lowest BCUT2D eigenvalue weighted by Gasteiger charge is -2.43. The summed E-state index contributed by atoms with van der Waals surface area (Å²) in [6.45, 7) is 2.02. The van der Waals surface area contributed by atoms with Gasteiger partial charge in [-0.3, -0.25) is 9.59 Å². The summed E-state index contributed by atoms with van der Waals surface area (Å²) in [5, 5.41) is 3.02. The molecule has 1 aromatic rings. The first-order valence-corrected chi connectivity index (χ1v) is 7.55. The molecule has 0 unspecified atom stereocenters. The Kier molecular flexibility index (Phi) is 3.26. The Hall–Kier alpha value is -1.43. The number of fused-ring (bicyclic) bond motifs is 1. The van der Waals surface area contributed by atoms with Crippen LogP contribution < -0.4 is 5.32 Å². The van der Waals surface area contributed by atoms with Crippen LogP contribution in [0.5, 0.6) is 0 Å². The molecule has 0 bridgehead atoms. The molecular formula is C13H17N3O2S. The number of carbonyl (C=O) groups excluding carboxylic acids is 2. The van der Waals surface area contributed by atoms with Gasteiger partial charge in [0.25, 0.3) is 5.91 Å². The fraction of sp³-hybridized carbons (Fsp3) is 0.615. The van der Waals surface area contributed by atoms with Crippen LogP contribution in [0, 0.1) is 6.92 Å². The third-order valence-electron chi connectivity index (χ3n) is 3.99. The molecule has 102 valence electrons. The standard InChI is InChI=1S/C13H17N3O2S/c1-8-12(19-7-14-8)13(18)16-6-11(17)15-9-4-2-3-5-10(9)16/h7,9-10H,2-6H2,1H3,(H,15,17)/t9-,10+/m0/s1. The molecule has 6 heteroatoms. The Morgan fingerprint density at radius 3 is 3.00 bits per heavy atom. The van der Waals surface area contributed by atoms with Gasteiger partial charge in [-0.1, -0.05) is 12.8 Å². The molecule has 2 heterocycles. The second kappa shape index (κ2) is 4.92. The minimum atomic E-state index is -0.0429.